The molecule has 0 bridgehead atoms. The van der Waals surface area contributed by atoms with Gasteiger partial charge in [0.05, 0.1) is 19.3 Å². The quantitative estimate of drug-likeness (QED) is 0.625. The highest BCUT2D eigenvalue weighted by molar-refractivity contribution is 7.89. The molecule has 1 N–H and O–H groups in total. The van der Waals surface area contributed by atoms with E-state index in [0.29, 0.717) is 0 Å². The first-order valence-electron chi connectivity index (χ1n) is 5.45. The second-order valence-electron chi connectivity index (χ2n) is 4.22. The summed E-state index contributed by atoms with van der Waals surface area (Å²) in [6.45, 7) is 3.08. The van der Waals surface area contributed by atoms with Gasteiger partial charge in [0, 0.05) is 6.54 Å². The molecule has 0 aliphatic heterocycles. The Bertz CT molecular complexity index is 389. The highest BCUT2D eigenvalue weighted by Gasteiger charge is 2.25. The van der Waals surface area contributed by atoms with Crippen molar-refractivity contribution in [3.8, 4) is 0 Å². The van der Waals surface area contributed by atoms with Gasteiger partial charge in [0.2, 0.25) is 10.0 Å². The van der Waals surface area contributed by atoms with E-state index in [1.165, 1.54) is 0 Å². The van der Waals surface area contributed by atoms with Gasteiger partial charge in [0.1, 0.15) is 6.54 Å². The third-order valence-electron chi connectivity index (χ3n) is 2.07. The molecule has 18 heavy (non-hydrogen) atoms. The average molecular weight is 281 g/mol. The van der Waals surface area contributed by atoms with E-state index in [1.807, 2.05) is 0 Å². The van der Waals surface area contributed by atoms with Crippen LogP contribution < -0.4 is 0 Å². The Morgan fingerprint density at radius 3 is 2.28 bits per heavy atom. The van der Waals surface area contributed by atoms with Crippen LogP contribution in [0.2, 0.25) is 0 Å². The maximum atomic E-state index is 11.9. The summed E-state index contributed by atoms with van der Waals surface area (Å²) in [5.74, 6) is -2.31. The second-order valence-corrected chi connectivity index (χ2v) is 6.31. The minimum absolute atomic E-state index is 0.00254. The van der Waals surface area contributed by atoms with Crippen LogP contribution in [0.3, 0.4) is 0 Å². The van der Waals surface area contributed by atoms with Gasteiger partial charge in [-0.05, 0) is 5.92 Å². The maximum Gasteiger partial charge on any atom is 0.318 e. The molecule has 0 unspecified atom stereocenters. The van der Waals surface area contributed by atoms with Crippen LogP contribution in [0.1, 0.15) is 20.3 Å². The van der Waals surface area contributed by atoms with Gasteiger partial charge in [-0.2, -0.15) is 4.31 Å². The zero-order valence-corrected chi connectivity index (χ0v) is 11.6. The molecule has 0 aromatic carbocycles. The zero-order valence-electron chi connectivity index (χ0n) is 10.7. The summed E-state index contributed by atoms with van der Waals surface area (Å²) in [7, 11) is -2.60. The Morgan fingerprint density at radius 2 is 1.89 bits per heavy atom. The van der Waals surface area contributed by atoms with Crippen molar-refractivity contribution < 1.29 is 27.9 Å². The summed E-state index contributed by atoms with van der Waals surface area (Å²) in [5.41, 5.74) is 0. The van der Waals surface area contributed by atoms with Gasteiger partial charge in [0.15, 0.2) is 0 Å². The lowest BCUT2D eigenvalue weighted by molar-refractivity contribution is -0.140. The monoisotopic (exact) mass is 281 g/mol. The van der Waals surface area contributed by atoms with E-state index in [1.54, 1.807) is 13.8 Å². The molecule has 0 aromatic heterocycles. The summed E-state index contributed by atoms with van der Waals surface area (Å²) in [6.07, 6.45) is -0.285. The largest absolute Gasteiger partial charge is 0.480 e. The number of aliphatic carboxylic acids is 1. The molecule has 0 aromatic rings. The fourth-order valence-corrected chi connectivity index (χ4v) is 2.79. The van der Waals surface area contributed by atoms with E-state index in [-0.39, 0.29) is 18.9 Å². The minimum atomic E-state index is -3.77. The maximum absolute atomic E-state index is 11.9. The van der Waals surface area contributed by atoms with Crippen LogP contribution in [0, 0.1) is 5.92 Å². The summed E-state index contributed by atoms with van der Waals surface area (Å²) in [5, 5.41) is 8.69. The second kappa shape index (κ2) is 7.32. The fraction of sp³-hybridized carbons (Fsp3) is 0.800. The molecule has 106 valence electrons. The molecule has 0 fully saturated rings. The third kappa shape index (κ3) is 6.55. The van der Waals surface area contributed by atoms with Crippen molar-refractivity contribution in [2.24, 2.45) is 5.92 Å². The number of carboxylic acids is 1. The minimum Gasteiger partial charge on any atom is -0.480 e. The van der Waals surface area contributed by atoms with E-state index in [4.69, 9.17) is 5.11 Å². The highest BCUT2D eigenvalue weighted by atomic mass is 32.2. The number of carbonyl (C=O) groups is 2. The molecular weight excluding hydrogens is 262 g/mol. The predicted molar refractivity (Wildman–Crippen MR) is 64.5 cm³/mol. The predicted octanol–water partition coefficient (Wildman–Crippen LogP) is -0.0781. The van der Waals surface area contributed by atoms with Crippen LogP contribution in [-0.4, -0.2) is 55.7 Å². The Hall–Kier alpha value is -1.15. The molecule has 0 saturated carbocycles. The third-order valence-corrected chi connectivity index (χ3v) is 3.85. The lowest BCUT2D eigenvalue weighted by atomic mass is 10.2. The lowest BCUT2D eigenvalue weighted by Gasteiger charge is -2.21. The summed E-state index contributed by atoms with van der Waals surface area (Å²) < 4.78 is 29.0. The summed E-state index contributed by atoms with van der Waals surface area (Å²) >= 11 is 0. The fourth-order valence-electron chi connectivity index (χ4n) is 1.28. The van der Waals surface area contributed by atoms with Gasteiger partial charge < -0.3 is 9.84 Å². The first-order chi connectivity index (χ1) is 8.19. The van der Waals surface area contributed by atoms with Crippen LogP contribution in [-0.2, 0) is 24.3 Å². The Labute approximate surface area is 107 Å². The molecular formula is C10H19NO6S. The number of carbonyl (C=O) groups excluding carboxylic acids is 1. The lowest BCUT2D eigenvalue weighted by Crippen LogP contribution is -2.40. The molecule has 0 radical (unpaired) electrons. The molecule has 0 spiro atoms. The molecule has 0 heterocycles. The van der Waals surface area contributed by atoms with Crippen LogP contribution >= 0.6 is 0 Å². The molecule has 8 heteroatoms. The Morgan fingerprint density at radius 1 is 1.33 bits per heavy atom. The van der Waals surface area contributed by atoms with E-state index < -0.39 is 34.3 Å². The van der Waals surface area contributed by atoms with Crippen molar-refractivity contribution >= 4 is 22.0 Å². The number of methoxy groups -OCH3 is 1. The number of ether oxygens (including phenoxy) is 1. The van der Waals surface area contributed by atoms with Crippen molar-refractivity contribution in [3.63, 3.8) is 0 Å². The van der Waals surface area contributed by atoms with Gasteiger partial charge in [0.25, 0.3) is 0 Å². The van der Waals surface area contributed by atoms with Crippen LogP contribution in [0.5, 0.6) is 0 Å². The molecule has 7 nitrogen and oxygen atoms in total. The molecule has 0 amide bonds. The van der Waals surface area contributed by atoms with Crippen molar-refractivity contribution in [2.45, 2.75) is 20.3 Å². The van der Waals surface area contributed by atoms with Crippen LogP contribution in [0.15, 0.2) is 0 Å². The summed E-state index contributed by atoms with van der Waals surface area (Å²) in [4.78, 5) is 21.5. The number of sulfonamides is 1. The normalized spacial score (nSPS) is 11.8. The van der Waals surface area contributed by atoms with Gasteiger partial charge in [-0.3, -0.25) is 9.59 Å². The topological polar surface area (TPSA) is 101 Å². The molecule has 0 saturated heterocycles. The molecule has 0 aliphatic rings. The number of rotatable bonds is 8. The number of esters is 1. The smallest absolute Gasteiger partial charge is 0.318 e. The van der Waals surface area contributed by atoms with Crippen molar-refractivity contribution in [2.75, 3.05) is 26.0 Å². The van der Waals surface area contributed by atoms with Crippen molar-refractivity contribution in [3.05, 3.63) is 0 Å². The number of nitrogens with zero attached hydrogens (tertiary/aromatic N) is 1. The number of hydrogen-bond donors (Lipinski definition) is 1. The van der Waals surface area contributed by atoms with E-state index in [2.05, 4.69) is 4.74 Å². The average Bonchev–Trinajstić information content (AvgIpc) is 2.23. The molecule has 0 aliphatic carbocycles. The molecule has 0 atom stereocenters. The van der Waals surface area contributed by atoms with Crippen molar-refractivity contribution in [1.29, 1.82) is 0 Å². The zero-order chi connectivity index (χ0) is 14.3. The summed E-state index contributed by atoms with van der Waals surface area (Å²) in [6, 6.07) is 0. The Balaban J connectivity index is 4.74. The number of hydrogen-bond acceptors (Lipinski definition) is 5. The van der Waals surface area contributed by atoms with E-state index >= 15 is 0 Å². The highest BCUT2D eigenvalue weighted by Crippen LogP contribution is 2.08. The van der Waals surface area contributed by atoms with Gasteiger partial charge in [-0.1, -0.05) is 13.8 Å². The van der Waals surface area contributed by atoms with Crippen molar-refractivity contribution in [1.82, 2.24) is 4.31 Å². The number of carboxylic acid groups (broad SMARTS) is 1. The Kier molecular flexibility index (Phi) is 6.85. The van der Waals surface area contributed by atoms with E-state index in [9.17, 15) is 18.0 Å². The SMILES string of the molecule is COC(=O)CCS(=O)(=O)N(CC(=O)O)CC(C)C. The standard InChI is InChI=1S/C10H19NO6S/c1-8(2)6-11(7-9(12)13)18(15,16)5-4-10(14)17-3/h8H,4-7H2,1-3H3,(H,12,13). The first-order valence-corrected chi connectivity index (χ1v) is 7.06. The van der Waals surface area contributed by atoms with Gasteiger partial charge >= 0.3 is 11.9 Å². The van der Waals surface area contributed by atoms with E-state index in [0.717, 1.165) is 11.4 Å². The van der Waals surface area contributed by atoms with Gasteiger partial charge in [-0.15, -0.1) is 0 Å². The molecule has 0 rings (SSSR count). The first kappa shape index (κ1) is 16.9. The van der Waals surface area contributed by atoms with Crippen LogP contribution in [0.4, 0.5) is 0 Å². The van der Waals surface area contributed by atoms with Crippen LogP contribution in [0.25, 0.3) is 0 Å². The van der Waals surface area contributed by atoms with Gasteiger partial charge in [-0.25, -0.2) is 8.42 Å².